The Morgan fingerprint density at radius 3 is 0.839 bits per heavy atom. The standard InChI is InChI=1S/3C5H11O4P.Ce/c3*1-9-5(6)3-4-10(2,7)8;/h3*3-4H2,1-2H3,(H,7,8);/q;;;+3/p-3. The zero-order valence-corrected chi connectivity index (χ0v) is 24.3. The molecule has 0 heterocycles. The van der Waals surface area contributed by atoms with Crippen LogP contribution in [0.3, 0.4) is 0 Å². The molecule has 0 aromatic rings. The maximum absolute atomic E-state index is 10.5. The van der Waals surface area contributed by atoms with Gasteiger partial charge in [-0.1, -0.05) is 0 Å². The molecule has 0 saturated heterocycles. The van der Waals surface area contributed by atoms with Gasteiger partial charge in [0.15, 0.2) is 0 Å². The Morgan fingerprint density at radius 2 is 0.742 bits per heavy atom. The number of hydrogen-bond donors (Lipinski definition) is 0. The van der Waals surface area contributed by atoms with Crippen LogP contribution in [0.15, 0.2) is 0 Å². The van der Waals surface area contributed by atoms with Crippen molar-refractivity contribution < 1.29 is 98.7 Å². The average Bonchev–Trinajstić information content (AvgIpc) is 2.61. The monoisotopic (exact) mass is 635 g/mol. The van der Waals surface area contributed by atoms with Gasteiger partial charge in [0.05, 0.1) is 40.6 Å². The third kappa shape index (κ3) is 41.1. The van der Waals surface area contributed by atoms with Gasteiger partial charge >= 0.3 is 59.7 Å². The molecule has 12 nitrogen and oxygen atoms in total. The van der Waals surface area contributed by atoms with Crippen molar-refractivity contribution in [2.75, 3.05) is 59.8 Å². The molecule has 3 atom stereocenters. The summed E-state index contributed by atoms with van der Waals surface area (Å²) < 4.78 is 44.2. The van der Waals surface area contributed by atoms with Gasteiger partial charge < -0.3 is 42.6 Å². The van der Waals surface area contributed by atoms with E-state index in [9.17, 15) is 42.8 Å². The Kier molecular flexibility index (Phi) is 24.7. The normalized spacial score (nSPS) is 15.4. The summed E-state index contributed by atoms with van der Waals surface area (Å²) in [4.78, 5) is 62.5. The van der Waals surface area contributed by atoms with Crippen LogP contribution in [0.25, 0.3) is 0 Å². The van der Waals surface area contributed by atoms with Crippen LogP contribution in [0.5, 0.6) is 0 Å². The van der Waals surface area contributed by atoms with Crippen molar-refractivity contribution in [1.82, 2.24) is 0 Å². The number of rotatable bonds is 9. The van der Waals surface area contributed by atoms with Crippen LogP contribution in [-0.4, -0.2) is 77.7 Å². The molecule has 0 aromatic carbocycles. The predicted octanol–water partition coefficient (Wildman–Crippen LogP) is -0.547. The maximum atomic E-state index is 10.5. The zero-order valence-electron chi connectivity index (χ0n) is 18.5. The van der Waals surface area contributed by atoms with Crippen LogP contribution in [-0.2, 0) is 42.3 Å². The van der Waals surface area contributed by atoms with Crippen LogP contribution >= 0.6 is 22.1 Å². The van der Waals surface area contributed by atoms with Crippen molar-refractivity contribution in [3.63, 3.8) is 0 Å². The van der Waals surface area contributed by atoms with Gasteiger partial charge in [-0.05, 0) is 38.5 Å². The number of methoxy groups -OCH3 is 3. The van der Waals surface area contributed by atoms with E-state index in [2.05, 4.69) is 14.2 Å². The maximum Gasteiger partial charge on any atom is 3.00 e. The molecule has 0 aliphatic rings. The molecule has 0 saturated carbocycles. The molecule has 0 aliphatic carbocycles. The van der Waals surface area contributed by atoms with Gasteiger partial charge in [-0.3, -0.25) is 14.4 Å². The van der Waals surface area contributed by atoms with E-state index in [4.69, 9.17) is 0 Å². The fourth-order valence-electron chi connectivity index (χ4n) is 1.19. The summed E-state index contributed by atoms with van der Waals surface area (Å²) in [5.41, 5.74) is 0. The first-order chi connectivity index (χ1) is 13.4. The minimum Gasteiger partial charge on any atom is -0.799 e. The van der Waals surface area contributed by atoms with Gasteiger partial charge in [0.1, 0.15) is 0 Å². The van der Waals surface area contributed by atoms with Crippen molar-refractivity contribution >= 4 is 40.0 Å². The zero-order chi connectivity index (χ0) is 24.6. The molecule has 0 aromatic heterocycles. The number of ether oxygens (including phenoxy) is 3. The quantitative estimate of drug-likeness (QED) is 0.178. The summed E-state index contributed by atoms with van der Waals surface area (Å²) in [6.07, 6.45) is -0.478. The summed E-state index contributed by atoms with van der Waals surface area (Å²) in [5.74, 6) is -1.46. The Balaban J connectivity index is -0.000000174. The first-order valence-electron chi connectivity index (χ1n) is 8.40. The fourth-order valence-corrected chi connectivity index (χ4v) is 2.96. The number of esters is 3. The second kappa shape index (κ2) is 19.8. The van der Waals surface area contributed by atoms with Crippen LogP contribution < -0.4 is 14.7 Å². The largest absolute Gasteiger partial charge is 3.00 e. The second-order valence-corrected chi connectivity index (χ2v) is 13.6. The molecule has 1 radical (unpaired) electrons. The van der Waals surface area contributed by atoms with Gasteiger partial charge in [0.2, 0.25) is 0 Å². The van der Waals surface area contributed by atoms with Gasteiger partial charge in [-0.15, -0.1) is 0 Å². The molecule has 0 bridgehead atoms. The van der Waals surface area contributed by atoms with E-state index in [1.807, 2.05) is 0 Å². The van der Waals surface area contributed by atoms with Crippen LogP contribution in [0, 0.1) is 41.7 Å². The minimum atomic E-state index is -3.28. The minimum absolute atomic E-state index is 0. The molecule has 0 rings (SSSR count). The van der Waals surface area contributed by atoms with E-state index < -0.39 is 40.0 Å². The topological polar surface area (TPSA) is 199 Å². The van der Waals surface area contributed by atoms with Crippen molar-refractivity contribution in [3.8, 4) is 0 Å². The SMILES string of the molecule is COC(=O)CCP(C)(=O)[O-].COC(=O)CCP(C)(=O)[O-].COC(=O)CCP(C)(=O)[O-].[Ce+3]. The van der Waals surface area contributed by atoms with E-state index in [1.165, 1.54) is 21.3 Å². The third-order valence-corrected chi connectivity index (χ3v) is 5.96. The predicted molar refractivity (Wildman–Crippen MR) is 105 cm³/mol. The smallest absolute Gasteiger partial charge is 0.799 e. The molecule has 0 spiro atoms. The van der Waals surface area contributed by atoms with Crippen molar-refractivity contribution in [1.29, 1.82) is 0 Å². The summed E-state index contributed by atoms with van der Waals surface area (Å²) in [5, 5.41) is 0. The summed E-state index contributed by atoms with van der Waals surface area (Å²) in [6.45, 7) is 3.32. The molecule has 3 unspecified atom stereocenters. The summed E-state index contributed by atoms with van der Waals surface area (Å²) in [6, 6.07) is 0. The van der Waals surface area contributed by atoms with Crippen molar-refractivity contribution in [2.24, 2.45) is 0 Å². The van der Waals surface area contributed by atoms with E-state index in [0.717, 1.165) is 20.0 Å². The molecular weight excluding hydrogens is 605 g/mol. The molecular formula is C15H30CeO12P3. The van der Waals surface area contributed by atoms with E-state index >= 15 is 0 Å². The number of hydrogen-bond acceptors (Lipinski definition) is 12. The Bertz CT molecular complexity index is 574. The van der Waals surface area contributed by atoms with Gasteiger partial charge in [-0.2, -0.15) is 0 Å². The summed E-state index contributed by atoms with van der Waals surface area (Å²) >= 11 is 0. The van der Waals surface area contributed by atoms with Crippen LogP contribution in [0.4, 0.5) is 0 Å². The molecule has 31 heavy (non-hydrogen) atoms. The third-order valence-electron chi connectivity index (χ3n) is 2.85. The number of carbonyl (C=O) groups excluding carboxylic acids is 3. The Hall–Kier alpha value is 0.357. The van der Waals surface area contributed by atoms with E-state index in [1.54, 1.807) is 0 Å². The first-order valence-corrected chi connectivity index (χ1v) is 15.2. The average molecular weight is 635 g/mol. The van der Waals surface area contributed by atoms with Crippen molar-refractivity contribution in [2.45, 2.75) is 19.3 Å². The van der Waals surface area contributed by atoms with Crippen LogP contribution in [0.2, 0.25) is 0 Å². The molecule has 0 amide bonds. The fraction of sp³-hybridized carbons (Fsp3) is 0.800. The van der Waals surface area contributed by atoms with E-state index in [0.29, 0.717) is 0 Å². The summed E-state index contributed by atoms with van der Waals surface area (Å²) in [7, 11) is -6.16. The Labute approximate surface area is 216 Å². The number of carbonyl (C=O) groups is 3. The molecule has 181 valence electrons. The second-order valence-electron chi connectivity index (χ2n) is 6.19. The van der Waals surface area contributed by atoms with Gasteiger partial charge in [-0.25, -0.2) is 0 Å². The molecule has 0 aliphatic heterocycles. The van der Waals surface area contributed by atoms with Gasteiger partial charge in [0.25, 0.3) is 0 Å². The molecule has 16 heteroatoms. The van der Waals surface area contributed by atoms with Crippen molar-refractivity contribution in [3.05, 3.63) is 0 Å². The van der Waals surface area contributed by atoms with Gasteiger partial charge in [0, 0.05) is 22.1 Å². The first kappa shape index (κ1) is 38.6. The van der Waals surface area contributed by atoms with Crippen LogP contribution in [0.1, 0.15) is 19.3 Å². The molecule has 0 fully saturated rings. The Morgan fingerprint density at radius 1 is 0.581 bits per heavy atom. The molecule has 0 N–H and O–H groups in total. The van der Waals surface area contributed by atoms with E-state index in [-0.39, 0.29) is 79.5 Å².